The van der Waals surface area contributed by atoms with Crippen molar-refractivity contribution in [3.05, 3.63) is 0 Å². The first-order valence-electron chi connectivity index (χ1n) is 7.87. The molecule has 0 aromatic carbocycles. The summed E-state index contributed by atoms with van der Waals surface area (Å²) < 4.78 is 30.0. The Bertz CT molecular complexity index is 561. The van der Waals surface area contributed by atoms with E-state index in [4.69, 9.17) is 10.3 Å². The lowest BCUT2D eigenvalue weighted by atomic mass is 9.47. The van der Waals surface area contributed by atoms with E-state index in [2.05, 4.69) is 4.99 Å². The largest absolute Gasteiger partial charge is 0.390 e. The van der Waals surface area contributed by atoms with Crippen LogP contribution >= 0.6 is 10.8 Å². The maximum atomic E-state index is 10.7. The molecule has 0 aromatic heterocycles. The monoisotopic (exact) mass is 349 g/mol. The van der Waals surface area contributed by atoms with Gasteiger partial charge in [-0.25, -0.2) is 0 Å². The van der Waals surface area contributed by atoms with Gasteiger partial charge in [-0.05, 0) is 62.2 Å². The molecule has 6 nitrogen and oxygen atoms in total. The van der Waals surface area contributed by atoms with Crippen LogP contribution in [0, 0.1) is 17.3 Å². The summed E-state index contributed by atoms with van der Waals surface area (Å²) in [4.78, 5) is 3.06. The molecular weight excluding hydrogens is 324 g/mol. The molecule has 22 heavy (non-hydrogen) atoms. The topological polar surface area (TPSA) is 115 Å². The van der Waals surface area contributed by atoms with Gasteiger partial charge in [0.2, 0.25) is 0 Å². The van der Waals surface area contributed by atoms with Crippen LogP contribution in [0.25, 0.3) is 0 Å². The van der Waals surface area contributed by atoms with E-state index in [1.807, 2.05) is 0 Å². The zero-order chi connectivity index (χ0) is 16.0. The lowest BCUT2D eigenvalue weighted by molar-refractivity contribution is -0.463. The van der Waals surface area contributed by atoms with Crippen LogP contribution in [0.3, 0.4) is 0 Å². The van der Waals surface area contributed by atoms with E-state index >= 15 is 0 Å². The molecule has 4 saturated carbocycles. The molecule has 4 aliphatic carbocycles. The van der Waals surface area contributed by atoms with Crippen molar-refractivity contribution in [3.63, 3.8) is 0 Å². The molecule has 0 saturated heterocycles. The van der Waals surface area contributed by atoms with Crippen molar-refractivity contribution in [2.75, 3.05) is 12.3 Å². The van der Waals surface area contributed by atoms with Crippen molar-refractivity contribution in [2.24, 2.45) is 23.0 Å². The molecule has 0 radical (unpaired) electrons. The predicted octanol–water partition coefficient (Wildman–Crippen LogP) is -0.318. The Morgan fingerprint density at radius 3 is 2.45 bits per heavy atom. The molecule has 4 bridgehead atoms. The minimum atomic E-state index is -4.05. The molecule has 0 unspecified atom stereocenters. The number of nitrogens with one attached hydrogen (secondary N) is 1. The molecule has 0 aromatic rings. The first kappa shape index (κ1) is 16.5. The maximum Gasteiger partial charge on any atom is 0.320 e. The number of amidine groups is 1. The summed E-state index contributed by atoms with van der Waals surface area (Å²) >= 11 is 0. The number of hydrogen-bond donors (Lipinski definition) is 4. The Labute approximate surface area is 135 Å². The highest BCUT2D eigenvalue weighted by Crippen LogP contribution is 2.62. The van der Waals surface area contributed by atoms with Gasteiger partial charge in [0.25, 0.3) is 5.84 Å². The van der Waals surface area contributed by atoms with Crippen LogP contribution in [-0.4, -0.2) is 41.8 Å². The fourth-order valence-electron chi connectivity index (χ4n) is 5.37. The van der Waals surface area contributed by atoms with Crippen molar-refractivity contribution < 1.29 is 23.1 Å². The van der Waals surface area contributed by atoms with Crippen molar-refractivity contribution in [1.82, 2.24) is 0 Å². The van der Waals surface area contributed by atoms with E-state index in [-0.39, 0.29) is 11.2 Å². The first-order chi connectivity index (χ1) is 10.2. The summed E-state index contributed by atoms with van der Waals surface area (Å²) in [5.41, 5.74) is 5.52. The standard InChI is InChI=1S/C14H24N2O4S2/c15-12(8-21-22(18,19)20)16-2-1-13-4-10-3-11(5-13)7-14(17,6-10)9-13/h10-11,17H,1-9H2,(H2,15,16)(H,18,19,20)/p+1/t10-,11-,13?,14?/m0/s1. The van der Waals surface area contributed by atoms with Crippen LogP contribution < -0.4 is 10.7 Å². The molecule has 2 atom stereocenters. The summed E-state index contributed by atoms with van der Waals surface area (Å²) in [7, 11) is -3.63. The van der Waals surface area contributed by atoms with Gasteiger partial charge in [-0.3, -0.25) is 15.3 Å². The quantitative estimate of drug-likeness (QED) is 0.226. The van der Waals surface area contributed by atoms with Crippen LogP contribution in [0.1, 0.15) is 44.9 Å². The minimum Gasteiger partial charge on any atom is -0.390 e. The Kier molecular flexibility index (Phi) is 4.25. The van der Waals surface area contributed by atoms with Gasteiger partial charge >= 0.3 is 9.15 Å². The minimum absolute atomic E-state index is 0.0427. The van der Waals surface area contributed by atoms with Crippen LogP contribution in [0.5, 0.6) is 0 Å². The third kappa shape index (κ3) is 3.77. The maximum absolute atomic E-state index is 10.7. The highest BCUT2D eigenvalue weighted by molar-refractivity contribution is 8.70. The smallest absolute Gasteiger partial charge is 0.320 e. The van der Waals surface area contributed by atoms with Gasteiger partial charge in [-0.1, -0.05) is 0 Å². The van der Waals surface area contributed by atoms with E-state index < -0.39 is 14.8 Å². The predicted molar refractivity (Wildman–Crippen MR) is 85.7 cm³/mol. The zero-order valence-electron chi connectivity index (χ0n) is 12.6. The lowest BCUT2D eigenvalue weighted by Gasteiger charge is -2.60. The average molecular weight is 349 g/mol. The second kappa shape index (κ2) is 5.65. The van der Waals surface area contributed by atoms with Gasteiger partial charge < -0.3 is 5.11 Å². The molecule has 126 valence electrons. The summed E-state index contributed by atoms with van der Waals surface area (Å²) in [6, 6.07) is 0. The van der Waals surface area contributed by atoms with Crippen LogP contribution in [0.4, 0.5) is 0 Å². The second-order valence-electron chi connectivity index (χ2n) is 7.58. The first-order valence-corrected chi connectivity index (χ1v) is 10.8. The van der Waals surface area contributed by atoms with E-state index in [0.29, 0.717) is 35.0 Å². The zero-order valence-corrected chi connectivity index (χ0v) is 14.3. The van der Waals surface area contributed by atoms with Crippen LogP contribution in [0.2, 0.25) is 0 Å². The molecule has 5 N–H and O–H groups in total. The van der Waals surface area contributed by atoms with E-state index in [9.17, 15) is 13.5 Å². The number of rotatable bonds is 6. The van der Waals surface area contributed by atoms with Crippen LogP contribution in [-0.2, 0) is 9.15 Å². The van der Waals surface area contributed by atoms with Crippen molar-refractivity contribution in [1.29, 1.82) is 0 Å². The van der Waals surface area contributed by atoms with Gasteiger partial charge in [0.1, 0.15) is 5.75 Å². The highest BCUT2D eigenvalue weighted by Gasteiger charge is 2.56. The molecule has 4 rings (SSSR count). The van der Waals surface area contributed by atoms with E-state index in [1.54, 1.807) is 0 Å². The summed E-state index contributed by atoms with van der Waals surface area (Å²) in [5, 5.41) is 10.7. The van der Waals surface area contributed by atoms with Crippen molar-refractivity contribution >= 4 is 25.8 Å². The third-order valence-corrected chi connectivity index (χ3v) is 7.50. The van der Waals surface area contributed by atoms with Gasteiger partial charge in [0.05, 0.1) is 12.1 Å². The fraction of sp³-hybridized carbons (Fsp3) is 0.929. The number of aliphatic hydroxyl groups is 1. The number of nitrogens with two attached hydrogens (primary N) is 1. The Morgan fingerprint density at radius 2 is 1.91 bits per heavy atom. The molecule has 0 aliphatic heterocycles. The van der Waals surface area contributed by atoms with E-state index in [1.165, 1.54) is 19.3 Å². The Morgan fingerprint density at radius 1 is 1.27 bits per heavy atom. The Hall–Kier alpha value is -0.310. The van der Waals surface area contributed by atoms with Crippen molar-refractivity contribution in [2.45, 2.75) is 50.5 Å². The van der Waals surface area contributed by atoms with Gasteiger partial charge in [0.15, 0.2) is 0 Å². The van der Waals surface area contributed by atoms with Gasteiger partial charge in [0, 0.05) is 10.8 Å². The Balaban J connectivity index is 1.55. The normalized spacial score (nSPS) is 41.1. The lowest BCUT2D eigenvalue weighted by Crippen LogP contribution is -2.77. The van der Waals surface area contributed by atoms with Crippen LogP contribution in [0.15, 0.2) is 0 Å². The molecule has 4 fully saturated rings. The fourth-order valence-corrected chi connectivity index (χ4v) is 6.58. The summed E-state index contributed by atoms with van der Waals surface area (Å²) in [6.45, 7) is 0.688. The van der Waals surface area contributed by atoms with Gasteiger partial charge in [-0.2, -0.15) is 8.42 Å². The molecule has 0 amide bonds. The summed E-state index contributed by atoms with van der Waals surface area (Å²) in [6.07, 6.45) is 7.47. The molecule has 4 aliphatic rings. The van der Waals surface area contributed by atoms with Gasteiger partial charge in [-0.15, -0.1) is 0 Å². The molecule has 0 spiro atoms. The second-order valence-corrected chi connectivity index (χ2v) is 10.9. The molecule has 0 heterocycles. The molecular formula is C14H25N2O4S2+. The van der Waals surface area contributed by atoms with Crippen molar-refractivity contribution in [3.8, 4) is 0 Å². The number of hydrogen-bond acceptors (Lipinski definition) is 4. The van der Waals surface area contributed by atoms with E-state index in [0.717, 1.165) is 25.7 Å². The SMILES string of the molecule is NC(CSS(=O)(=O)O)=[NH+]CCC12C[C@@H]3C[C@H](CC(O)(C3)C1)C2. The average Bonchev–Trinajstić information content (AvgIpc) is 2.32. The third-order valence-electron chi connectivity index (χ3n) is 5.52. The molecule has 8 heteroatoms. The highest BCUT2D eigenvalue weighted by atomic mass is 33.1. The summed E-state index contributed by atoms with van der Waals surface area (Å²) in [5.74, 6) is 1.75.